The molecular formula is C30H43NO6. The Balaban J connectivity index is 1.65. The van der Waals surface area contributed by atoms with E-state index in [-0.39, 0.29) is 12.5 Å². The first-order chi connectivity index (χ1) is 18.1. The number of hydrogen-bond acceptors (Lipinski definition) is 6. The van der Waals surface area contributed by atoms with Gasteiger partial charge in [0.2, 0.25) is 5.91 Å². The molecule has 0 bridgehead atoms. The van der Waals surface area contributed by atoms with Gasteiger partial charge in [-0.25, -0.2) is 0 Å². The molecule has 5 atom stereocenters. The second kappa shape index (κ2) is 16.5. The minimum Gasteiger partial charge on any atom is -0.388 e. The van der Waals surface area contributed by atoms with Gasteiger partial charge in [0.05, 0.1) is 19.8 Å². The first kappa shape index (κ1) is 29.3. The van der Waals surface area contributed by atoms with E-state index in [1.807, 2.05) is 60.7 Å². The lowest BCUT2D eigenvalue weighted by Crippen LogP contribution is -2.65. The van der Waals surface area contributed by atoms with Crippen LogP contribution >= 0.6 is 0 Å². The highest BCUT2D eigenvalue weighted by Crippen LogP contribution is 2.26. The maximum absolute atomic E-state index is 12.0. The largest absolute Gasteiger partial charge is 0.388 e. The Kier molecular flexibility index (Phi) is 13.1. The van der Waals surface area contributed by atoms with Crippen LogP contribution < -0.4 is 5.32 Å². The number of aliphatic hydroxyl groups excluding tert-OH is 1. The molecule has 0 unspecified atom stereocenters. The van der Waals surface area contributed by atoms with E-state index in [4.69, 9.17) is 18.9 Å². The molecular weight excluding hydrogens is 470 g/mol. The molecule has 2 N–H and O–H groups in total. The van der Waals surface area contributed by atoms with Crippen LogP contribution in [0.3, 0.4) is 0 Å². The van der Waals surface area contributed by atoms with Gasteiger partial charge >= 0.3 is 0 Å². The van der Waals surface area contributed by atoms with Crippen LogP contribution in [0, 0.1) is 0 Å². The van der Waals surface area contributed by atoms with E-state index in [1.165, 1.54) is 32.6 Å². The number of carbonyl (C=O) groups is 1. The number of nitrogens with one attached hydrogen (secondary N) is 1. The fourth-order valence-electron chi connectivity index (χ4n) is 4.51. The van der Waals surface area contributed by atoms with Crippen molar-refractivity contribution < 1.29 is 28.8 Å². The van der Waals surface area contributed by atoms with Crippen molar-refractivity contribution in [1.82, 2.24) is 5.32 Å². The molecule has 1 heterocycles. The third-order valence-corrected chi connectivity index (χ3v) is 6.50. The molecule has 1 aliphatic rings. The van der Waals surface area contributed by atoms with E-state index in [0.717, 1.165) is 24.0 Å². The predicted octanol–water partition coefficient (Wildman–Crippen LogP) is 4.76. The summed E-state index contributed by atoms with van der Waals surface area (Å²) in [6.45, 7) is 5.06. The normalized spacial score (nSPS) is 23.6. The van der Waals surface area contributed by atoms with Crippen LogP contribution in [-0.4, -0.2) is 54.9 Å². The Morgan fingerprint density at radius 1 is 0.892 bits per heavy atom. The number of carbonyl (C=O) groups excluding carboxylic acids is 1. The van der Waals surface area contributed by atoms with Crippen LogP contribution in [0.4, 0.5) is 0 Å². The highest BCUT2D eigenvalue weighted by atomic mass is 16.7. The molecule has 1 saturated heterocycles. The summed E-state index contributed by atoms with van der Waals surface area (Å²) in [6, 6.07) is 18.9. The van der Waals surface area contributed by atoms with Crippen molar-refractivity contribution in [3.05, 3.63) is 71.8 Å². The third-order valence-electron chi connectivity index (χ3n) is 6.50. The summed E-state index contributed by atoms with van der Waals surface area (Å²) < 4.78 is 24.5. The molecule has 37 heavy (non-hydrogen) atoms. The summed E-state index contributed by atoms with van der Waals surface area (Å²) in [4.78, 5) is 12.0. The Morgan fingerprint density at radius 2 is 1.51 bits per heavy atom. The second-order valence-corrected chi connectivity index (χ2v) is 9.66. The van der Waals surface area contributed by atoms with Gasteiger partial charge in [0.25, 0.3) is 0 Å². The summed E-state index contributed by atoms with van der Waals surface area (Å²) in [6.07, 6.45) is 3.74. The maximum atomic E-state index is 12.0. The van der Waals surface area contributed by atoms with Crippen LogP contribution in [0.1, 0.15) is 63.5 Å². The van der Waals surface area contributed by atoms with E-state index in [2.05, 4.69) is 12.2 Å². The van der Waals surface area contributed by atoms with Gasteiger partial charge in [0.1, 0.15) is 24.4 Å². The molecule has 204 valence electrons. The van der Waals surface area contributed by atoms with Gasteiger partial charge in [-0.05, 0) is 17.5 Å². The summed E-state index contributed by atoms with van der Waals surface area (Å²) in [7, 11) is 0. The van der Waals surface area contributed by atoms with E-state index < -0.39 is 30.6 Å². The lowest BCUT2D eigenvalue weighted by atomic mass is 9.96. The van der Waals surface area contributed by atoms with Crippen molar-refractivity contribution in [2.75, 3.05) is 13.2 Å². The molecule has 2 aromatic carbocycles. The van der Waals surface area contributed by atoms with Crippen molar-refractivity contribution in [2.45, 2.75) is 96.2 Å². The molecule has 2 aromatic rings. The molecule has 3 rings (SSSR count). The first-order valence-electron chi connectivity index (χ1n) is 13.6. The average Bonchev–Trinajstić information content (AvgIpc) is 2.91. The molecule has 7 heteroatoms. The number of ether oxygens (including phenoxy) is 4. The Bertz CT molecular complexity index is 880. The topological polar surface area (TPSA) is 86.2 Å². The quantitative estimate of drug-likeness (QED) is 0.315. The molecule has 1 fully saturated rings. The minimum absolute atomic E-state index is 0.217. The summed E-state index contributed by atoms with van der Waals surface area (Å²) in [5.74, 6) is -0.263. The number of aliphatic hydroxyl groups is 1. The standard InChI is InChI=1S/C30H43NO6/c1-3-4-5-6-7-14-19-35-30-27(31-23(2)32)28(33)29(36-21-25-17-12-9-13-18-25)26(37-30)22-34-20-24-15-10-8-11-16-24/h8-13,15-18,26-30,33H,3-7,14,19-22H2,1-2H3,(H,31,32)/t26-,27-,28-,29-,30-/m1/s1. The molecule has 0 spiro atoms. The smallest absolute Gasteiger partial charge is 0.217 e. The zero-order valence-electron chi connectivity index (χ0n) is 22.2. The van der Waals surface area contributed by atoms with Crippen LogP contribution in [0.25, 0.3) is 0 Å². The number of hydrogen-bond donors (Lipinski definition) is 2. The fourth-order valence-corrected chi connectivity index (χ4v) is 4.51. The van der Waals surface area contributed by atoms with Gasteiger partial charge in [-0.3, -0.25) is 4.79 Å². The van der Waals surface area contributed by atoms with Crippen LogP contribution in [-0.2, 0) is 37.0 Å². The van der Waals surface area contributed by atoms with Gasteiger partial charge in [-0.2, -0.15) is 0 Å². The third kappa shape index (κ3) is 10.2. The molecule has 0 radical (unpaired) electrons. The molecule has 7 nitrogen and oxygen atoms in total. The van der Waals surface area contributed by atoms with Crippen molar-refractivity contribution in [2.24, 2.45) is 0 Å². The second-order valence-electron chi connectivity index (χ2n) is 9.66. The van der Waals surface area contributed by atoms with Gasteiger partial charge in [0, 0.05) is 13.5 Å². The Labute approximate surface area is 221 Å². The number of amides is 1. The summed E-state index contributed by atoms with van der Waals surface area (Å²) in [5, 5.41) is 14.2. The highest BCUT2D eigenvalue weighted by molar-refractivity contribution is 5.73. The Hall–Kier alpha value is -2.29. The van der Waals surface area contributed by atoms with Gasteiger partial charge in [-0.15, -0.1) is 0 Å². The van der Waals surface area contributed by atoms with E-state index >= 15 is 0 Å². The monoisotopic (exact) mass is 513 g/mol. The van der Waals surface area contributed by atoms with Crippen LogP contribution in [0.2, 0.25) is 0 Å². The van der Waals surface area contributed by atoms with Crippen LogP contribution in [0.15, 0.2) is 60.7 Å². The fraction of sp³-hybridized carbons (Fsp3) is 0.567. The van der Waals surface area contributed by atoms with Gasteiger partial charge < -0.3 is 29.4 Å². The summed E-state index contributed by atoms with van der Waals surface area (Å²) in [5.41, 5.74) is 2.03. The maximum Gasteiger partial charge on any atom is 0.217 e. The molecule has 0 aromatic heterocycles. The van der Waals surface area contributed by atoms with Gasteiger partial charge in [-0.1, -0.05) is 99.7 Å². The summed E-state index contributed by atoms with van der Waals surface area (Å²) >= 11 is 0. The van der Waals surface area contributed by atoms with E-state index in [1.54, 1.807) is 0 Å². The zero-order valence-corrected chi connectivity index (χ0v) is 22.2. The van der Waals surface area contributed by atoms with Gasteiger partial charge in [0.15, 0.2) is 6.29 Å². The minimum atomic E-state index is -1.03. The first-order valence-corrected chi connectivity index (χ1v) is 13.6. The molecule has 0 aliphatic carbocycles. The lowest BCUT2D eigenvalue weighted by molar-refractivity contribution is -0.282. The van der Waals surface area contributed by atoms with Crippen molar-refractivity contribution in [3.8, 4) is 0 Å². The number of benzene rings is 2. The van der Waals surface area contributed by atoms with Crippen molar-refractivity contribution in [1.29, 1.82) is 0 Å². The predicted molar refractivity (Wildman–Crippen MR) is 143 cm³/mol. The lowest BCUT2D eigenvalue weighted by Gasteiger charge is -2.44. The molecule has 1 aliphatic heterocycles. The van der Waals surface area contributed by atoms with Crippen molar-refractivity contribution in [3.63, 3.8) is 0 Å². The molecule has 0 saturated carbocycles. The van der Waals surface area contributed by atoms with Crippen molar-refractivity contribution >= 4 is 5.91 Å². The van der Waals surface area contributed by atoms with E-state index in [0.29, 0.717) is 19.8 Å². The highest BCUT2D eigenvalue weighted by Gasteiger charge is 2.47. The molecule has 1 amide bonds. The number of unbranched alkanes of at least 4 members (excludes halogenated alkanes) is 5. The number of rotatable bonds is 16. The average molecular weight is 514 g/mol. The van der Waals surface area contributed by atoms with Crippen LogP contribution in [0.5, 0.6) is 0 Å². The zero-order chi connectivity index (χ0) is 26.3. The Morgan fingerprint density at radius 3 is 2.16 bits per heavy atom. The SMILES string of the molecule is CCCCCCCCO[C@@H]1O[C@H](COCc2ccccc2)[C@@H](OCc2ccccc2)[C@H](O)[C@H]1NC(C)=O. The van der Waals surface area contributed by atoms with E-state index in [9.17, 15) is 9.90 Å².